The van der Waals surface area contributed by atoms with Crippen molar-refractivity contribution in [2.24, 2.45) is 5.73 Å². The first-order valence-electron chi connectivity index (χ1n) is 5.82. The predicted octanol–water partition coefficient (Wildman–Crippen LogP) is 3.65. The average molecular weight is 243 g/mol. The number of benzene rings is 2. The summed E-state index contributed by atoms with van der Waals surface area (Å²) in [6.45, 7) is 2.87. The molecule has 2 aromatic carbocycles. The van der Waals surface area contributed by atoms with Crippen molar-refractivity contribution in [2.45, 2.75) is 23.1 Å². The maximum Gasteiger partial charge on any atom is 0.0151 e. The molecule has 2 rings (SSSR count). The molecule has 0 aliphatic heterocycles. The van der Waals surface area contributed by atoms with Crippen LogP contribution in [0.1, 0.15) is 11.1 Å². The summed E-state index contributed by atoms with van der Waals surface area (Å²) in [7, 11) is 0. The number of hydrogen-bond donors (Lipinski definition) is 1. The van der Waals surface area contributed by atoms with E-state index in [1.165, 1.54) is 20.9 Å². The molecular formula is C15H17NS. The molecule has 2 heteroatoms. The summed E-state index contributed by atoms with van der Waals surface area (Å²) >= 11 is 1.81. The van der Waals surface area contributed by atoms with Gasteiger partial charge in [-0.2, -0.15) is 0 Å². The zero-order valence-electron chi connectivity index (χ0n) is 10.0. The minimum Gasteiger partial charge on any atom is -0.330 e. The van der Waals surface area contributed by atoms with E-state index < -0.39 is 0 Å². The lowest BCUT2D eigenvalue weighted by Crippen LogP contribution is -2.02. The van der Waals surface area contributed by atoms with Crippen molar-refractivity contribution in [2.75, 3.05) is 6.54 Å². The molecule has 17 heavy (non-hydrogen) atoms. The Hall–Kier alpha value is -1.25. The zero-order valence-corrected chi connectivity index (χ0v) is 10.8. The van der Waals surface area contributed by atoms with Gasteiger partial charge >= 0.3 is 0 Å². The van der Waals surface area contributed by atoms with Crippen molar-refractivity contribution >= 4 is 11.8 Å². The summed E-state index contributed by atoms with van der Waals surface area (Å²) in [5.74, 6) is 0. The highest BCUT2D eigenvalue weighted by atomic mass is 32.2. The summed E-state index contributed by atoms with van der Waals surface area (Å²) in [6.07, 6.45) is 0.955. The van der Waals surface area contributed by atoms with Crippen LogP contribution in [0.2, 0.25) is 0 Å². The molecule has 0 saturated heterocycles. The molecule has 0 aliphatic rings. The number of nitrogens with two attached hydrogens (primary N) is 1. The van der Waals surface area contributed by atoms with Crippen LogP contribution in [0.25, 0.3) is 0 Å². The second kappa shape index (κ2) is 5.89. The van der Waals surface area contributed by atoms with E-state index in [4.69, 9.17) is 5.73 Å². The fourth-order valence-corrected chi connectivity index (χ4v) is 2.67. The van der Waals surface area contributed by atoms with Crippen LogP contribution in [0.5, 0.6) is 0 Å². The topological polar surface area (TPSA) is 26.0 Å². The molecule has 0 atom stereocenters. The van der Waals surface area contributed by atoms with Gasteiger partial charge in [-0.05, 0) is 49.2 Å². The largest absolute Gasteiger partial charge is 0.330 e. The van der Waals surface area contributed by atoms with Crippen LogP contribution in [-0.2, 0) is 6.42 Å². The second-order valence-corrected chi connectivity index (χ2v) is 5.17. The third kappa shape index (κ3) is 3.35. The molecular weight excluding hydrogens is 226 g/mol. The molecule has 0 unspecified atom stereocenters. The van der Waals surface area contributed by atoms with Crippen LogP contribution in [0.4, 0.5) is 0 Å². The van der Waals surface area contributed by atoms with Gasteiger partial charge in [0.1, 0.15) is 0 Å². The van der Waals surface area contributed by atoms with Crippen LogP contribution in [0.15, 0.2) is 58.3 Å². The van der Waals surface area contributed by atoms with E-state index in [1.54, 1.807) is 0 Å². The van der Waals surface area contributed by atoms with Gasteiger partial charge in [0.15, 0.2) is 0 Å². The molecule has 2 N–H and O–H groups in total. The van der Waals surface area contributed by atoms with E-state index in [0.717, 1.165) is 6.42 Å². The minimum atomic E-state index is 0.713. The van der Waals surface area contributed by atoms with Crippen molar-refractivity contribution in [3.8, 4) is 0 Å². The van der Waals surface area contributed by atoms with Crippen LogP contribution in [0, 0.1) is 6.92 Å². The van der Waals surface area contributed by atoms with E-state index in [1.807, 2.05) is 17.8 Å². The Balaban J connectivity index is 2.17. The molecule has 0 aliphatic carbocycles. The summed E-state index contributed by atoms with van der Waals surface area (Å²) in [6, 6.07) is 17.1. The molecule has 0 heterocycles. The third-order valence-corrected chi connectivity index (χ3v) is 3.83. The highest BCUT2D eigenvalue weighted by Gasteiger charge is 2.02. The van der Waals surface area contributed by atoms with Gasteiger partial charge in [0.25, 0.3) is 0 Å². The molecule has 0 saturated carbocycles. The maximum absolute atomic E-state index is 5.57. The summed E-state index contributed by atoms with van der Waals surface area (Å²) in [4.78, 5) is 2.60. The van der Waals surface area contributed by atoms with Crippen molar-refractivity contribution < 1.29 is 0 Å². The Labute approximate surface area is 107 Å². The van der Waals surface area contributed by atoms with Crippen molar-refractivity contribution in [3.63, 3.8) is 0 Å². The molecule has 1 nitrogen and oxygen atoms in total. The van der Waals surface area contributed by atoms with Gasteiger partial charge in [-0.25, -0.2) is 0 Å². The summed E-state index contributed by atoms with van der Waals surface area (Å²) in [5.41, 5.74) is 8.21. The normalized spacial score (nSPS) is 10.5. The van der Waals surface area contributed by atoms with Crippen LogP contribution < -0.4 is 5.73 Å². The van der Waals surface area contributed by atoms with Gasteiger partial charge in [0, 0.05) is 9.79 Å². The highest BCUT2D eigenvalue weighted by molar-refractivity contribution is 7.99. The molecule has 0 amide bonds. The van der Waals surface area contributed by atoms with Gasteiger partial charge in [-0.1, -0.05) is 42.1 Å². The number of aryl methyl sites for hydroxylation is 1. The first-order valence-corrected chi connectivity index (χ1v) is 6.64. The Bertz CT molecular complexity index is 480. The van der Waals surface area contributed by atoms with Crippen LogP contribution in [-0.4, -0.2) is 6.54 Å². The van der Waals surface area contributed by atoms with E-state index in [0.29, 0.717) is 6.54 Å². The fraction of sp³-hybridized carbons (Fsp3) is 0.200. The van der Waals surface area contributed by atoms with Gasteiger partial charge < -0.3 is 5.73 Å². The Morgan fingerprint density at radius 2 is 1.82 bits per heavy atom. The molecule has 0 aromatic heterocycles. The van der Waals surface area contributed by atoms with Gasteiger partial charge in [-0.3, -0.25) is 0 Å². The SMILES string of the molecule is Cc1cc(CCN)ccc1Sc1ccccc1. The average Bonchev–Trinajstić information content (AvgIpc) is 2.34. The highest BCUT2D eigenvalue weighted by Crippen LogP contribution is 2.30. The van der Waals surface area contributed by atoms with Crippen molar-refractivity contribution in [1.29, 1.82) is 0 Å². The number of hydrogen-bond acceptors (Lipinski definition) is 2. The predicted molar refractivity (Wildman–Crippen MR) is 74.5 cm³/mol. The standard InChI is InChI=1S/C15H17NS/c1-12-11-13(9-10-16)7-8-15(12)17-14-5-3-2-4-6-14/h2-8,11H,9-10,16H2,1H3. The molecule has 0 fully saturated rings. The Kier molecular flexibility index (Phi) is 4.24. The first-order chi connectivity index (χ1) is 8.29. The van der Waals surface area contributed by atoms with E-state index in [9.17, 15) is 0 Å². The molecule has 0 bridgehead atoms. The first kappa shape index (κ1) is 12.2. The lowest BCUT2D eigenvalue weighted by Gasteiger charge is -2.07. The van der Waals surface area contributed by atoms with E-state index in [2.05, 4.69) is 49.4 Å². The summed E-state index contributed by atoms with van der Waals surface area (Å²) in [5, 5.41) is 0. The molecule has 88 valence electrons. The Morgan fingerprint density at radius 3 is 2.47 bits per heavy atom. The van der Waals surface area contributed by atoms with E-state index >= 15 is 0 Å². The van der Waals surface area contributed by atoms with Crippen LogP contribution >= 0.6 is 11.8 Å². The monoisotopic (exact) mass is 243 g/mol. The minimum absolute atomic E-state index is 0.713. The van der Waals surface area contributed by atoms with Crippen molar-refractivity contribution in [3.05, 3.63) is 59.7 Å². The third-order valence-electron chi connectivity index (χ3n) is 2.64. The Morgan fingerprint density at radius 1 is 1.06 bits per heavy atom. The molecule has 2 aromatic rings. The lowest BCUT2D eigenvalue weighted by molar-refractivity contribution is 0.963. The van der Waals surface area contributed by atoms with Crippen molar-refractivity contribution in [1.82, 2.24) is 0 Å². The second-order valence-electron chi connectivity index (χ2n) is 4.05. The number of rotatable bonds is 4. The van der Waals surface area contributed by atoms with Gasteiger partial charge in [0.05, 0.1) is 0 Å². The fourth-order valence-electron chi connectivity index (χ4n) is 1.76. The molecule has 0 radical (unpaired) electrons. The van der Waals surface area contributed by atoms with E-state index in [-0.39, 0.29) is 0 Å². The quantitative estimate of drug-likeness (QED) is 0.887. The maximum atomic E-state index is 5.57. The summed E-state index contributed by atoms with van der Waals surface area (Å²) < 4.78 is 0. The zero-order chi connectivity index (χ0) is 12.1. The van der Waals surface area contributed by atoms with Gasteiger partial charge in [0.2, 0.25) is 0 Å². The lowest BCUT2D eigenvalue weighted by atomic mass is 10.1. The van der Waals surface area contributed by atoms with Crippen LogP contribution in [0.3, 0.4) is 0 Å². The smallest absolute Gasteiger partial charge is 0.0151 e. The molecule has 0 spiro atoms. The van der Waals surface area contributed by atoms with Gasteiger partial charge in [-0.15, -0.1) is 0 Å².